The van der Waals surface area contributed by atoms with Gasteiger partial charge in [0.1, 0.15) is 0 Å². The molecule has 1 aromatic rings. The van der Waals surface area contributed by atoms with Gasteiger partial charge in [-0.05, 0) is 37.2 Å². The van der Waals surface area contributed by atoms with Crippen molar-refractivity contribution in [3.63, 3.8) is 0 Å². The molecule has 0 saturated carbocycles. The highest BCUT2D eigenvalue weighted by Gasteiger charge is 2.26. The molecule has 1 N–H and O–H groups in total. The van der Waals surface area contributed by atoms with Crippen molar-refractivity contribution in [2.45, 2.75) is 65.8 Å². The first kappa shape index (κ1) is 19.5. The number of carbonyl (C=O) groups is 2. The lowest BCUT2D eigenvalue weighted by atomic mass is 9.91. The summed E-state index contributed by atoms with van der Waals surface area (Å²) in [5.41, 5.74) is 2.46. The van der Waals surface area contributed by atoms with Crippen LogP contribution in [0.2, 0.25) is 0 Å². The molecule has 0 aromatic heterocycles. The molecule has 4 nitrogen and oxygen atoms in total. The van der Waals surface area contributed by atoms with E-state index in [0.717, 1.165) is 32.4 Å². The average Bonchev–Trinajstić information content (AvgIpc) is 2.53. The number of aryl methyl sites for hydroxylation is 2. The summed E-state index contributed by atoms with van der Waals surface area (Å²) in [7, 11) is 0. The van der Waals surface area contributed by atoms with Crippen LogP contribution in [0.4, 0.5) is 0 Å². The summed E-state index contributed by atoms with van der Waals surface area (Å²) in [6.45, 7) is 9.83. The van der Waals surface area contributed by atoms with Crippen molar-refractivity contribution in [2.24, 2.45) is 5.41 Å². The van der Waals surface area contributed by atoms with Crippen LogP contribution in [0.3, 0.4) is 0 Å². The fourth-order valence-electron chi connectivity index (χ4n) is 3.15. The molecule has 2 rings (SSSR count). The van der Waals surface area contributed by atoms with Gasteiger partial charge in [-0.15, -0.1) is 0 Å². The Kier molecular flexibility index (Phi) is 6.63. The molecule has 0 bridgehead atoms. The molecule has 0 spiro atoms. The molecule has 1 heterocycles. The monoisotopic (exact) mass is 344 g/mol. The van der Waals surface area contributed by atoms with E-state index in [1.165, 1.54) is 11.1 Å². The first-order valence-electron chi connectivity index (χ1n) is 9.36. The van der Waals surface area contributed by atoms with E-state index in [2.05, 4.69) is 57.3 Å². The van der Waals surface area contributed by atoms with E-state index in [0.29, 0.717) is 12.8 Å². The van der Waals surface area contributed by atoms with Gasteiger partial charge >= 0.3 is 0 Å². The van der Waals surface area contributed by atoms with E-state index < -0.39 is 0 Å². The molecule has 0 unspecified atom stereocenters. The van der Waals surface area contributed by atoms with E-state index >= 15 is 0 Å². The highest BCUT2D eigenvalue weighted by molar-refractivity contribution is 5.77. The minimum atomic E-state index is 0.0259. The second kappa shape index (κ2) is 8.50. The summed E-state index contributed by atoms with van der Waals surface area (Å²) in [4.78, 5) is 26.4. The van der Waals surface area contributed by atoms with Crippen molar-refractivity contribution < 1.29 is 9.59 Å². The number of benzene rings is 1. The van der Waals surface area contributed by atoms with Gasteiger partial charge in [0.25, 0.3) is 0 Å². The maximum absolute atomic E-state index is 12.3. The van der Waals surface area contributed by atoms with Gasteiger partial charge in [-0.3, -0.25) is 9.59 Å². The number of hydrogen-bond donors (Lipinski definition) is 1. The second-order valence-electron chi connectivity index (χ2n) is 8.45. The number of piperidine rings is 1. The zero-order valence-corrected chi connectivity index (χ0v) is 16.1. The highest BCUT2D eigenvalue weighted by Crippen LogP contribution is 2.21. The van der Waals surface area contributed by atoms with Crippen molar-refractivity contribution in [1.82, 2.24) is 10.2 Å². The van der Waals surface area contributed by atoms with Gasteiger partial charge in [-0.25, -0.2) is 0 Å². The van der Waals surface area contributed by atoms with E-state index in [-0.39, 0.29) is 23.3 Å². The standard InChI is InChI=1S/C21H32N2O2/c1-16-5-7-17(8-6-16)9-10-19(24)22-18-11-13-23(14-12-18)20(25)15-21(2,3)4/h5-8,18H,9-15H2,1-4H3,(H,22,24). The number of amides is 2. The van der Waals surface area contributed by atoms with Crippen molar-refractivity contribution in [3.8, 4) is 0 Å². The smallest absolute Gasteiger partial charge is 0.223 e. The molecule has 1 fully saturated rings. The lowest BCUT2D eigenvalue weighted by Crippen LogP contribution is -2.47. The molecule has 138 valence electrons. The number of likely N-dealkylation sites (tertiary alicyclic amines) is 1. The number of rotatable bonds is 5. The number of nitrogens with one attached hydrogen (secondary N) is 1. The molecule has 0 atom stereocenters. The molecule has 25 heavy (non-hydrogen) atoms. The fraction of sp³-hybridized carbons (Fsp3) is 0.619. The van der Waals surface area contributed by atoms with Crippen molar-refractivity contribution in [3.05, 3.63) is 35.4 Å². The van der Waals surface area contributed by atoms with E-state index in [9.17, 15) is 9.59 Å². The zero-order valence-electron chi connectivity index (χ0n) is 16.1. The zero-order chi connectivity index (χ0) is 18.4. The quantitative estimate of drug-likeness (QED) is 0.889. The minimum Gasteiger partial charge on any atom is -0.353 e. The predicted molar refractivity (Wildman–Crippen MR) is 101 cm³/mol. The summed E-state index contributed by atoms with van der Waals surface area (Å²) in [6, 6.07) is 8.53. The Morgan fingerprint density at radius 2 is 1.72 bits per heavy atom. The Bertz CT molecular complexity index is 579. The van der Waals surface area contributed by atoms with E-state index in [4.69, 9.17) is 0 Å². The minimum absolute atomic E-state index is 0.0259. The number of hydrogen-bond acceptors (Lipinski definition) is 2. The molecule has 1 aliphatic rings. The highest BCUT2D eigenvalue weighted by atomic mass is 16.2. The van der Waals surface area contributed by atoms with Gasteiger partial charge in [0.05, 0.1) is 0 Å². The first-order valence-corrected chi connectivity index (χ1v) is 9.36. The van der Waals surface area contributed by atoms with Crippen molar-refractivity contribution >= 4 is 11.8 Å². The first-order chi connectivity index (χ1) is 11.7. The van der Waals surface area contributed by atoms with Crippen molar-refractivity contribution in [1.29, 1.82) is 0 Å². The molecule has 1 aromatic carbocycles. The predicted octanol–water partition coefficient (Wildman–Crippen LogP) is 3.47. The Balaban J connectivity index is 1.69. The van der Waals surface area contributed by atoms with Crippen LogP contribution in [0.5, 0.6) is 0 Å². The van der Waals surface area contributed by atoms with Crippen LogP contribution in [0.25, 0.3) is 0 Å². The molecule has 0 radical (unpaired) electrons. The van der Waals surface area contributed by atoms with Gasteiger partial charge in [0.15, 0.2) is 0 Å². The summed E-state index contributed by atoms with van der Waals surface area (Å²) in [5, 5.41) is 3.13. The third-order valence-electron chi connectivity index (χ3n) is 4.66. The average molecular weight is 344 g/mol. The van der Waals surface area contributed by atoms with Crippen molar-refractivity contribution in [2.75, 3.05) is 13.1 Å². The lowest BCUT2D eigenvalue weighted by Gasteiger charge is -2.34. The third kappa shape index (κ3) is 6.89. The van der Waals surface area contributed by atoms with Crippen LogP contribution in [-0.2, 0) is 16.0 Å². The Morgan fingerprint density at radius 1 is 1.12 bits per heavy atom. The van der Waals surface area contributed by atoms with E-state index in [1.807, 2.05) is 4.90 Å². The van der Waals surface area contributed by atoms with Crippen LogP contribution in [0.1, 0.15) is 57.6 Å². The largest absolute Gasteiger partial charge is 0.353 e. The molecule has 0 aliphatic carbocycles. The topological polar surface area (TPSA) is 49.4 Å². The molecule has 4 heteroatoms. The van der Waals surface area contributed by atoms with Gasteiger partial charge in [-0.2, -0.15) is 0 Å². The molecule has 1 saturated heterocycles. The van der Waals surface area contributed by atoms with Crippen LogP contribution in [0.15, 0.2) is 24.3 Å². The fourth-order valence-corrected chi connectivity index (χ4v) is 3.15. The normalized spacial score (nSPS) is 15.9. The summed E-state index contributed by atoms with van der Waals surface area (Å²) in [6.07, 6.45) is 3.58. The Morgan fingerprint density at radius 3 is 2.28 bits per heavy atom. The van der Waals surface area contributed by atoms with Gasteiger partial charge < -0.3 is 10.2 Å². The number of carbonyl (C=O) groups excluding carboxylic acids is 2. The lowest BCUT2D eigenvalue weighted by molar-refractivity contribution is -0.134. The molecular formula is C21H32N2O2. The summed E-state index contributed by atoms with van der Waals surface area (Å²) >= 11 is 0. The van der Waals surface area contributed by atoms with Crippen LogP contribution in [-0.4, -0.2) is 35.8 Å². The third-order valence-corrected chi connectivity index (χ3v) is 4.66. The number of nitrogens with zero attached hydrogens (tertiary/aromatic N) is 1. The van der Waals surface area contributed by atoms with Crippen LogP contribution < -0.4 is 5.32 Å². The molecular weight excluding hydrogens is 312 g/mol. The maximum atomic E-state index is 12.3. The SMILES string of the molecule is Cc1ccc(CCC(=O)NC2CCN(C(=O)CC(C)(C)C)CC2)cc1. The van der Waals surface area contributed by atoms with Gasteiger partial charge in [-0.1, -0.05) is 50.6 Å². The summed E-state index contributed by atoms with van der Waals surface area (Å²) in [5.74, 6) is 0.344. The summed E-state index contributed by atoms with van der Waals surface area (Å²) < 4.78 is 0. The Hall–Kier alpha value is -1.84. The van der Waals surface area contributed by atoms with Crippen LogP contribution in [0, 0.1) is 12.3 Å². The maximum Gasteiger partial charge on any atom is 0.223 e. The Labute approximate surface area is 152 Å². The molecule has 2 amide bonds. The van der Waals surface area contributed by atoms with Gasteiger partial charge in [0.2, 0.25) is 11.8 Å². The van der Waals surface area contributed by atoms with Crippen LogP contribution >= 0.6 is 0 Å². The second-order valence-corrected chi connectivity index (χ2v) is 8.45. The molecule has 1 aliphatic heterocycles. The van der Waals surface area contributed by atoms with Gasteiger partial charge in [0, 0.05) is 32.0 Å². The van der Waals surface area contributed by atoms with E-state index in [1.54, 1.807) is 0 Å².